The first-order valence-corrected chi connectivity index (χ1v) is 6.82. The molecule has 0 amide bonds. The number of carbonyl (C=O) groups is 1. The van der Waals surface area contributed by atoms with Crippen LogP contribution in [0.25, 0.3) is 0 Å². The molecule has 2 rings (SSSR count). The van der Waals surface area contributed by atoms with E-state index in [1.165, 1.54) is 31.4 Å². The van der Waals surface area contributed by atoms with Gasteiger partial charge >= 0.3 is 6.18 Å². The molecule has 0 unspecified atom stereocenters. The smallest absolute Gasteiger partial charge is 0.416 e. The third kappa shape index (κ3) is 3.59. The summed E-state index contributed by atoms with van der Waals surface area (Å²) < 4.78 is 48.6. The van der Waals surface area contributed by atoms with E-state index in [1.54, 1.807) is 0 Å². The maximum absolute atomic E-state index is 12.6. The molecule has 2 aromatic rings. The van der Waals surface area contributed by atoms with Gasteiger partial charge in [-0.15, -0.1) is 0 Å². The van der Waals surface area contributed by atoms with E-state index in [1.807, 2.05) is 0 Å². The highest BCUT2D eigenvalue weighted by atomic mass is 79.9. The van der Waals surface area contributed by atoms with E-state index in [-0.39, 0.29) is 16.0 Å². The van der Waals surface area contributed by atoms with Crippen molar-refractivity contribution < 1.29 is 27.4 Å². The molecule has 22 heavy (non-hydrogen) atoms. The molecule has 0 N–H and O–H groups in total. The molecule has 0 spiro atoms. The van der Waals surface area contributed by atoms with Gasteiger partial charge in [-0.3, -0.25) is 4.79 Å². The number of halogens is 4. The van der Waals surface area contributed by atoms with Gasteiger partial charge in [0.05, 0.1) is 17.1 Å². The lowest BCUT2D eigenvalue weighted by molar-refractivity contribution is -0.137. The van der Waals surface area contributed by atoms with E-state index in [2.05, 4.69) is 15.9 Å². The molecular weight excluding hydrogens is 365 g/mol. The van der Waals surface area contributed by atoms with Gasteiger partial charge in [0.15, 0.2) is 11.5 Å². The lowest BCUT2D eigenvalue weighted by Gasteiger charge is -2.13. The zero-order valence-corrected chi connectivity index (χ0v) is 12.9. The van der Waals surface area contributed by atoms with Crippen molar-refractivity contribution in [1.29, 1.82) is 0 Å². The highest BCUT2D eigenvalue weighted by Crippen LogP contribution is 2.38. The Morgan fingerprint density at radius 3 is 2.27 bits per heavy atom. The number of alkyl halides is 3. The van der Waals surface area contributed by atoms with Gasteiger partial charge < -0.3 is 9.47 Å². The summed E-state index contributed by atoms with van der Waals surface area (Å²) in [6, 6.07) is 7.56. The molecule has 2 aromatic carbocycles. The summed E-state index contributed by atoms with van der Waals surface area (Å²) in [6.45, 7) is 0. The minimum atomic E-state index is -4.43. The zero-order chi connectivity index (χ0) is 16.3. The lowest BCUT2D eigenvalue weighted by Crippen LogP contribution is -2.04. The topological polar surface area (TPSA) is 35.5 Å². The predicted molar refractivity (Wildman–Crippen MR) is 77.6 cm³/mol. The molecule has 0 fully saturated rings. The summed E-state index contributed by atoms with van der Waals surface area (Å²) in [5, 5.41) is 0. The zero-order valence-electron chi connectivity index (χ0n) is 11.3. The van der Waals surface area contributed by atoms with Gasteiger partial charge in [0.2, 0.25) is 0 Å². The summed E-state index contributed by atoms with van der Waals surface area (Å²) in [5.41, 5.74) is -0.384. The van der Waals surface area contributed by atoms with Gasteiger partial charge in [-0.2, -0.15) is 13.2 Å². The number of benzene rings is 2. The minimum Gasteiger partial charge on any atom is -0.493 e. The molecule has 116 valence electrons. The molecular formula is C15H10BrF3O3. The van der Waals surface area contributed by atoms with E-state index in [0.717, 1.165) is 12.1 Å². The van der Waals surface area contributed by atoms with Crippen LogP contribution in [0.1, 0.15) is 15.9 Å². The fraction of sp³-hybridized carbons (Fsp3) is 0.133. The Bertz CT molecular complexity index is 699. The van der Waals surface area contributed by atoms with Gasteiger partial charge in [0.1, 0.15) is 12.0 Å². The average Bonchev–Trinajstić information content (AvgIpc) is 2.48. The van der Waals surface area contributed by atoms with Crippen molar-refractivity contribution in [2.24, 2.45) is 0 Å². The van der Waals surface area contributed by atoms with E-state index in [0.29, 0.717) is 17.6 Å². The maximum atomic E-state index is 12.6. The fourth-order valence-electron chi connectivity index (χ4n) is 1.72. The van der Waals surface area contributed by atoms with Crippen LogP contribution in [0.5, 0.6) is 17.2 Å². The molecule has 0 atom stereocenters. The van der Waals surface area contributed by atoms with Gasteiger partial charge in [0.25, 0.3) is 0 Å². The number of hydrogen-bond donors (Lipinski definition) is 0. The third-order valence-electron chi connectivity index (χ3n) is 2.80. The summed E-state index contributed by atoms with van der Waals surface area (Å²) in [7, 11) is 1.40. The van der Waals surface area contributed by atoms with Crippen LogP contribution in [0.4, 0.5) is 13.2 Å². The number of aldehydes is 1. The van der Waals surface area contributed by atoms with Crippen molar-refractivity contribution in [2.45, 2.75) is 6.18 Å². The standard InChI is InChI=1S/C15H10BrF3O3/c1-21-14-6-9(8-20)2-4-13(14)22-12-5-3-10(7-11(12)16)15(17,18)19/h2-8H,1H3. The number of ether oxygens (including phenoxy) is 2. The molecule has 0 radical (unpaired) electrons. The largest absolute Gasteiger partial charge is 0.493 e. The van der Waals surface area contributed by atoms with Crippen molar-refractivity contribution in [2.75, 3.05) is 7.11 Å². The highest BCUT2D eigenvalue weighted by Gasteiger charge is 2.31. The van der Waals surface area contributed by atoms with Crippen LogP contribution < -0.4 is 9.47 Å². The Hall–Kier alpha value is -2.02. The quantitative estimate of drug-likeness (QED) is 0.699. The summed E-state index contributed by atoms with van der Waals surface area (Å²) >= 11 is 3.05. The Balaban J connectivity index is 2.33. The van der Waals surface area contributed by atoms with E-state index < -0.39 is 11.7 Å². The SMILES string of the molecule is COc1cc(C=O)ccc1Oc1ccc(C(F)(F)F)cc1Br. The predicted octanol–water partition coefficient (Wildman–Crippen LogP) is 5.08. The monoisotopic (exact) mass is 374 g/mol. The molecule has 0 aliphatic carbocycles. The van der Waals surface area contributed by atoms with E-state index >= 15 is 0 Å². The number of methoxy groups -OCH3 is 1. The number of carbonyl (C=O) groups excluding carboxylic acids is 1. The molecule has 7 heteroatoms. The normalized spacial score (nSPS) is 11.1. The molecule has 0 aliphatic rings. The molecule has 0 bridgehead atoms. The van der Waals surface area contributed by atoms with Crippen LogP contribution in [-0.2, 0) is 6.18 Å². The number of rotatable bonds is 4. The van der Waals surface area contributed by atoms with Gasteiger partial charge in [0, 0.05) is 5.56 Å². The Kier molecular flexibility index (Phi) is 4.75. The Morgan fingerprint density at radius 1 is 1.05 bits per heavy atom. The van der Waals surface area contributed by atoms with Crippen LogP contribution in [-0.4, -0.2) is 13.4 Å². The molecule has 0 aromatic heterocycles. The lowest BCUT2D eigenvalue weighted by atomic mass is 10.2. The van der Waals surface area contributed by atoms with Crippen molar-refractivity contribution in [3.63, 3.8) is 0 Å². The number of hydrogen-bond acceptors (Lipinski definition) is 3. The second kappa shape index (κ2) is 6.39. The van der Waals surface area contributed by atoms with Crippen LogP contribution in [0.2, 0.25) is 0 Å². The average molecular weight is 375 g/mol. The molecule has 0 aliphatic heterocycles. The fourth-order valence-corrected chi connectivity index (χ4v) is 2.18. The van der Waals surface area contributed by atoms with Crippen LogP contribution in [0.15, 0.2) is 40.9 Å². The van der Waals surface area contributed by atoms with E-state index in [4.69, 9.17) is 9.47 Å². The molecule has 0 saturated heterocycles. The Morgan fingerprint density at radius 2 is 1.73 bits per heavy atom. The van der Waals surface area contributed by atoms with Gasteiger partial charge in [-0.1, -0.05) is 0 Å². The second-order valence-corrected chi connectivity index (χ2v) is 5.13. The van der Waals surface area contributed by atoms with Crippen molar-refractivity contribution in [3.8, 4) is 17.2 Å². The summed E-state index contributed by atoms with van der Waals surface area (Å²) in [4.78, 5) is 10.7. The van der Waals surface area contributed by atoms with Crippen LogP contribution in [0, 0.1) is 0 Å². The second-order valence-electron chi connectivity index (χ2n) is 4.27. The van der Waals surface area contributed by atoms with Crippen molar-refractivity contribution >= 4 is 22.2 Å². The molecule has 0 heterocycles. The van der Waals surface area contributed by atoms with E-state index in [9.17, 15) is 18.0 Å². The van der Waals surface area contributed by atoms with Crippen LogP contribution >= 0.6 is 15.9 Å². The maximum Gasteiger partial charge on any atom is 0.416 e. The molecule has 3 nitrogen and oxygen atoms in total. The minimum absolute atomic E-state index is 0.156. The Labute approximate surface area is 132 Å². The third-order valence-corrected chi connectivity index (χ3v) is 3.42. The summed E-state index contributed by atoms with van der Waals surface area (Å²) in [6.07, 6.45) is -3.77. The van der Waals surface area contributed by atoms with Crippen molar-refractivity contribution in [1.82, 2.24) is 0 Å². The van der Waals surface area contributed by atoms with Gasteiger partial charge in [-0.05, 0) is 52.3 Å². The molecule has 0 saturated carbocycles. The van der Waals surface area contributed by atoms with Gasteiger partial charge in [-0.25, -0.2) is 0 Å². The first kappa shape index (κ1) is 16.4. The summed E-state index contributed by atoms with van der Waals surface area (Å²) in [5.74, 6) is 0.787. The first-order chi connectivity index (χ1) is 10.3. The highest BCUT2D eigenvalue weighted by molar-refractivity contribution is 9.10. The first-order valence-electron chi connectivity index (χ1n) is 6.03. The van der Waals surface area contributed by atoms with Crippen molar-refractivity contribution in [3.05, 3.63) is 52.0 Å². The van der Waals surface area contributed by atoms with Crippen LogP contribution in [0.3, 0.4) is 0 Å².